The normalized spacial score (nSPS) is 13.6. The van der Waals surface area contributed by atoms with Crippen molar-refractivity contribution in [2.45, 2.75) is 19.4 Å². The smallest absolute Gasteiger partial charge is 0.224 e. The molecule has 0 radical (unpaired) electrons. The number of benzene rings is 1. The molecule has 0 spiro atoms. The molecule has 0 fully saturated rings. The van der Waals surface area contributed by atoms with E-state index in [1.807, 2.05) is 0 Å². The van der Waals surface area contributed by atoms with Gasteiger partial charge in [-0.1, -0.05) is 0 Å². The predicted octanol–water partition coefficient (Wildman–Crippen LogP) is 2.11. The van der Waals surface area contributed by atoms with Crippen LogP contribution in [0.1, 0.15) is 17.7 Å². The zero-order valence-electron chi connectivity index (χ0n) is 10.7. The maximum Gasteiger partial charge on any atom is 0.224 e. The Morgan fingerprint density at radius 1 is 1.30 bits per heavy atom. The van der Waals surface area contributed by atoms with Gasteiger partial charge in [0, 0.05) is 24.5 Å². The molecule has 2 heterocycles. The Labute approximate surface area is 115 Å². The highest BCUT2D eigenvalue weighted by atomic mass is 19.1. The number of nitrogens with zero attached hydrogens (tertiary/aromatic N) is 2. The van der Waals surface area contributed by atoms with Crippen LogP contribution in [0.2, 0.25) is 0 Å². The number of nitrogens with one attached hydrogen (secondary N) is 2. The second-order valence-corrected chi connectivity index (χ2v) is 4.59. The fourth-order valence-electron chi connectivity index (χ4n) is 2.14. The van der Waals surface area contributed by atoms with Crippen LogP contribution >= 0.6 is 0 Å². The molecular weight excluding hydrogens is 259 g/mol. The quantitative estimate of drug-likeness (QED) is 0.898. The summed E-state index contributed by atoms with van der Waals surface area (Å²) < 4.78 is 14.0. The van der Waals surface area contributed by atoms with E-state index in [4.69, 9.17) is 0 Å². The number of hydrogen-bond acceptors (Lipinski definition) is 4. The van der Waals surface area contributed by atoms with Gasteiger partial charge in [0.15, 0.2) is 0 Å². The summed E-state index contributed by atoms with van der Waals surface area (Å²) in [5.41, 5.74) is 2.56. The van der Waals surface area contributed by atoms with Crippen LogP contribution in [0.15, 0.2) is 30.7 Å². The number of anilines is 2. The van der Waals surface area contributed by atoms with Crippen LogP contribution in [0.4, 0.5) is 15.8 Å². The lowest BCUT2D eigenvalue weighted by atomic mass is 10.0. The van der Waals surface area contributed by atoms with Crippen LogP contribution in [0.25, 0.3) is 0 Å². The van der Waals surface area contributed by atoms with Gasteiger partial charge < -0.3 is 10.6 Å². The minimum absolute atomic E-state index is 0.0380. The fourth-order valence-corrected chi connectivity index (χ4v) is 2.14. The van der Waals surface area contributed by atoms with E-state index in [1.165, 1.54) is 6.07 Å². The SMILES string of the molecule is O=C1CCc2cc(F)c(NCc3cnccn3)cc2N1. The van der Waals surface area contributed by atoms with Gasteiger partial charge in [0.05, 0.1) is 24.1 Å². The van der Waals surface area contributed by atoms with E-state index < -0.39 is 0 Å². The highest BCUT2D eigenvalue weighted by molar-refractivity contribution is 5.94. The summed E-state index contributed by atoms with van der Waals surface area (Å²) in [6, 6.07) is 3.09. The molecule has 0 unspecified atom stereocenters. The van der Waals surface area contributed by atoms with Crippen molar-refractivity contribution in [3.05, 3.63) is 47.8 Å². The van der Waals surface area contributed by atoms with Crippen LogP contribution in [-0.2, 0) is 17.8 Å². The Morgan fingerprint density at radius 2 is 2.20 bits per heavy atom. The zero-order valence-corrected chi connectivity index (χ0v) is 10.7. The van der Waals surface area contributed by atoms with Gasteiger partial charge in [0.2, 0.25) is 5.91 Å². The highest BCUT2D eigenvalue weighted by Gasteiger charge is 2.17. The highest BCUT2D eigenvalue weighted by Crippen LogP contribution is 2.28. The topological polar surface area (TPSA) is 66.9 Å². The van der Waals surface area contributed by atoms with E-state index in [1.54, 1.807) is 24.7 Å². The van der Waals surface area contributed by atoms with Crippen molar-refractivity contribution in [1.82, 2.24) is 9.97 Å². The van der Waals surface area contributed by atoms with Gasteiger partial charge in [-0.2, -0.15) is 0 Å². The van der Waals surface area contributed by atoms with Gasteiger partial charge in [-0.15, -0.1) is 0 Å². The van der Waals surface area contributed by atoms with Crippen LogP contribution in [-0.4, -0.2) is 15.9 Å². The number of fused-ring (bicyclic) bond motifs is 1. The molecule has 5 nitrogen and oxygen atoms in total. The molecule has 2 aromatic rings. The molecule has 1 amide bonds. The molecule has 102 valence electrons. The van der Waals surface area contributed by atoms with Gasteiger partial charge in [0.1, 0.15) is 5.82 Å². The third-order valence-corrected chi connectivity index (χ3v) is 3.16. The minimum Gasteiger partial charge on any atom is -0.377 e. The van der Waals surface area contributed by atoms with E-state index >= 15 is 0 Å². The van der Waals surface area contributed by atoms with Crippen LogP contribution in [0.5, 0.6) is 0 Å². The van der Waals surface area contributed by atoms with Crippen LogP contribution in [0.3, 0.4) is 0 Å². The molecule has 1 aliphatic rings. The Morgan fingerprint density at radius 3 is 3.00 bits per heavy atom. The Balaban J connectivity index is 1.80. The molecule has 6 heteroatoms. The third-order valence-electron chi connectivity index (χ3n) is 3.16. The van der Waals surface area contributed by atoms with Gasteiger partial charge >= 0.3 is 0 Å². The molecule has 3 rings (SSSR count). The van der Waals surface area contributed by atoms with E-state index in [9.17, 15) is 9.18 Å². The summed E-state index contributed by atoms with van der Waals surface area (Å²) >= 11 is 0. The first-order valence-electron chi connectivity index (χ1n) is 6.33. The summed E-state index contributed by atoms with van der Waals surface area (Å²) in [6.45, 7) is 0.373. The summed E-state index contributed by atoms with van der Waals surface area (Å²) in [5.74, 6) is -0.368. The van der Waals surface area contributed by atoms with E-state index in [2.05, 4.69) is 20.6 Å². The average molecular weight is 272 g/mol. The molecule has 0 atom stereocenters. The first-order chi connectivity index (χ1) is 9.72. The molecule has 1 aromatic heterocycles. The molecule has 0 bridgehead atoms. The van der Waals surface area contributed by atoms with Crippen molar-refractivity contribution in [2.24, 2.45) is 0 Å². The second kappa shape index (κ2) is 5.24. The van der Waals surface area contributed by atoms with Crippen molar-refractivity contribution in [1.29, 1.82) is 0 Å². The lowest BCUT2D eigenvalue weighted by Gasteiger charge is -2.18. The van der Waals surface area contributed by atoms with Crippen molar-refractivity contribution in [3.63, 3.8) is 0 Å². The maximum atomic E-state index is 14.0. The fraction of sp³-hybridized carbons (Fsp3) is 0.214. The van der Waals surface area contributed by atoms with Crippen molar-refractivity contribution in [2.75, 3.05) is 10.6 Å². The average Bonchev–Trinajstić information content (AvgIpc) is 2.46. The van der Waals surface area contributed by atoms with Crippen LogP contribution in [0, 0.1) is 5.82 Å². The first kappa shape index (κ1) is 12.5. The van der Waals surface area contributed by atoms with Crippen LogP contribution < -0.4 is 10.6 Å². The molecule has 20 heavy (non-hydrogen) atoms. The van der Waals surface area contributed by atoms with E-state index in [0.29, 0.717) is 36.5 Å². The minimum atomic E-state index is -0.330. The number of carbonyl (C=O) groups is 1. The number of aryl methyl sites for hydroxylation is 1. The van der Waals surface area contributed by atoms with Gasteiger partial charge in [-0.25, -0.2) is 4.39 Å². The molecule has 1 aliphatic heterocycles. The first-order valence-corrected chi connectivity index (χ1v) is 6.33. The molecule has 2 N–H and O–H groups in total. The zero-order chi connectivity index (χ0) is 13.9. The molecule has 0 saturated heterocycles. The predicted molar refractivity (Wildman–Crippen MR) is 72.7 cm³/mol. The summed E-state index contributed by atoms with van der Waals surface area (Å²) in [6.07, 6.45) is 5.76. The maximum absolute atomic E-state index is 14.0. The molecular formula is C14H13FN4O. The third kappa shape index (κ3) is 2.59. The lowest BCUT2D eigenvalue weighted by Crippen LogP contribution is -2.19. The van der Waals surface area contributed by atoms with Crippen molar-refractivity contribution >= 4 is 17.3 Å². The molecule has 0 aliphatic carbocycles. The largest absolute Gasteiger partial charge is 0.377 e. The van der Waals surface area contributed by atoms with Crippen molar-refractivity contribution in [3.8, 4) is 0 Å². The van der Waals surface area contributed by atoms with Gasteiger partial charge in [0.25, 0.3) is 0 Å². The molecule has 1 aromatic carbocycles. The van der Waals surface area contributed by atoms with Crippen molar-refractivity contribution < 1.29 is 9.18 Å². The Kier molecular flexibility index (Phi) is 3.28. The summed E-state index contributed by atoms with van der Waals surface area (Å²) in [5, 5.41) is 5.72. The second-order valence-electron chi connectivity index (χ2n) is 4.59. The number of carbonyl (C=O) groups excluding carboxylic acids is 1. The van der Waals surface area contributed by atoms with E-state index in [0.717, 1.165) is 5.56 Å². The molecule has 0 saturated carbocycles. The van der Waals surface area contributed by atoms with E-state index in [-0.39, 0.29) is 11.7 Å². The monoisotopic (exact) mass is 272 g/mol. The Hall–Kier alpha value is -2.50. The number of rotatable bonds is 3. The Bertz CT molecular complexity index is 645. The van der Waals surface area contributed by atoms with Gasteiger partial charge in [-0.05, 0) is 24.1 Å². The summed E-state index contributed by atoms with van der Waals surface area (Å²) in [7, 11) is 0. The number of halogens is 1. The number of aromatic nitrogens is 2. The number of hydrogen-bond donors (Lipinski definition) is 2. The standard InChI is InChI=1S/C14H13FN4O/c15-11-5-9-1-2-14(20)19-12(9)6-13(11)18-8-10-7-16-3-4-17-10/h3-7,18H,1-2,8H2,(H,19,20). The number of amides is 1. The van der Waals surface area contributed by atoms with Gasteiger partial charge in [-0.3, -0.25) is 14.8 Å². The lowest BCUT2D eigenvalue weighted by molar-refractivity contribution is -0.116. The summed E-state index contributed by atoms with van der Waals surface area (Å²) in [4.78, 5) is 19.4.